The second-order valence-corrected chi connectivity index (χ2v) is 3.71. The number of rotatable bonds is 2. The van der Waals surface area contributed by atoms with E-state index in [1.165, 1.54) is 4.90 Å². The third-order valence-electron chi connectivity index (χ3n) is 1.73. The molecule has 1 fully saturated rings. The van der Waals surface area contributed by atoms with Crippen molar-refractivity contribution in [2.24, 2.45) is 5.73 Å². The first-order valence-electron chi connectivity index (χ1n) is 3.91. The zero-order valence-corrected chi connectivity index (χ0v) is 7.89. The fraction of sp³-hybridized carbons (Fsp3) is 0.571. The van der Waals surface area contributed by atoms with Gasteiger partial charge in [-0.25, -0.2) is 0 Å². The quantitative estimate of drug-likeness (QED) is 0.477. The molecule has 13 heavy (non-hydrogen) atoms. The molecule has 72 valence electrons. The van der Waals surface area contributed by atoms with Gasteiger partial charge in [0.05, 0.1) is 5.75 Å². The Morgan fingerprint density at radius 1 is 1.69 bits per heavy atom. The predicted octanol–water partition coefficient (Wildman–Crippen LogP) is -0.238. The van der Waals surface area contributed by atoms with Gasteiger partial charge in [0.2, 0.25) is 11.8 Å². The van der Waals surface area contributed by atoms with Crippen LogP contribution in [0.4, 0.5) is 0 Å². The highest BCUT2D eigenvalue weighted by molar-refractivity contribution is 8.14. The number of amides is 2. The van der Waals surface area contributed by atoms with Gasteiger partial charge >= 0.3 is 0 Å². The maximum Gasteiger partial charge on any atom is 0.239 e. The van der Waals surface area contributed by atoms with E-state index in [4.69, 9.17) is 11.1 Å². The van der Waals surface area contributed by atoms with E-state index >= 15 is 0 Å². The molecule has 0 aromatic carbocycles. The molecule has 1 aliphatic rings. The summed E-state index contributed by atoms with van der Waals surface area (Å²) in [6.45, 7) is 0.510. The van der Waals surface area contributed by atoms with Crippen molar-refractivity contribution in [3.05, 3.63) is 0 Å². The van der Waals surface area contributed by atoms with Crippen molar-refractivity contribution in [2.75, 3.05) is 12.3 Å². The molecule has 5 nitrogen and oxygen atoms in total. The summed E-state index contributed by atoms with van der Waals surface area (Å²) in [7, 11) is 0. The Balaban J connectivity index is 2.39. The maximum atomic E-state index is 11.3. The Labute approximate surface area is 80.2 Å². The van der Waals surface area contributed by atoms with Gasteiger partial charge < -0.3 is 5.73 Å². The van der Waals surface area contributed by atoms with Crippen molar-refractivity contribution in [1.29, 1.82) is 5.41 Å². The molecule has 0 bridgehead atoms. The first-order chi connectivity index (χ1) is 6.11. The van der Waals surface area contributed by atoms with Crippen LogP contribution in [0.3, 0.4) is 0 Å². The van der Waals surface area contributed by atoms with Gasteiger partial charge in [0, 0.05) is 13.0 Å². The molecule has 1 rings (SSSR count). The molecule has 0 aliphatic carbocycles. The molecule has 0 radical (unpaired) electrons. The van der Waals surface area contributed by atoms with Crippen LogP contribution < -0.4 is 5.73 Å². The molecule has 0 atom stereocenters. The standard InChI is InChI=1S/C7H11N3O2S/c8-7(9)13-4-6(12)10-3-1-2-5(10)11/h1-4H2,(H3,8,9). The monoisotopic (exact) mass is 201 g/mol. The fourth-order valence-electron chi connectivity index (χ4n) is 1.13. The van der Waals surface area contributed by atoms with E-state index in [0.29, 0.717) is 13.0 Å². The minimum absolute atomic E-state index is 0.0844. The summed E-state index contributed by atoms with van der Waals surface area (Å²) >= 11 is 0.946. The maximum absolute atomic E-state index is 11.3. The van der Waals surface area contributed by atoms with E-state index in [1.807, 2.05) is 0 Å². The fourth-order valence-corrected chi connectivity index (χ4v) is 1.56. The van der Waals surface area contributed by atoms with Crippen molar-refractivity contribution >= 4 is 28.7 Å². The first kappa shape index (κ1) is 10.0. The molecule has 0 unspecified atom stereocenters. The Bertz CT molecular complexity index is 254. The number of amidine groups is 1. The summed E-state index contributed by atoms with van der Waals surface area (Å²) in [5, 5.41) is 6.80. The lowest BCUT2D eigenvalue weighted by Crippen LogP contribution is -2.33. The van der Waals surface area contributed by atoms with Crippen LogP contribution in [-0.2, 0) is 9.59 Å². The lowest BCUT2D eigenvalue weighted by molar-refractivity contribution is -0.140. The molecule has 0 spiro atoms. The Kier molecular flexibility index (Phi) is 3.30. The van der Waals surface area contributed by atoms with Gasteiger partial charge in [0.15, 0.2) is 5.17 Å². The number of carbonyl (C=O) groups is 2. The smallest absolute Gasteiger partial charge is 0.239 e. The molecule has 1 aliphatic heterocycles. The number of hydrogen-bond acceptors (Lipinski definition) is 4. The second kappa shape index (κ2) is 4.27. The van der Waals surface area contributed by atoms with Crippen LogP contribution in [0, 0.1) is 5.41 Å². The number of likely N-dealkylation sites (tertiary alicyclic amines) is 1. The van der Waals surface area contributed by atoms with E-state index in [-0.39, 0.29) is 22.7 Å². The number of hydrogen-bond donors (Lipinski definition) is 2. The molecule has 0 saturated carbocycles. The van der Waals surface area contributed by atoms with Crippen molar-refractivity contribution in [2.45, 2.75) is 12.8 Å². The average Bonchev–Trinajstić information content (AvgIpc) is 2.47. The van der Waals surface area contributed by atoms with Crippen LogP contribution >= 0.6 is 11.8 Å². The molecular weight excluding hydrogens is 190 g/mol. The topological polar surface area (TPSA) is 87.2 Å². The predicted molar refractivity (Wildman–Crippen MR) is 50.3 cm³/mol. The van der Waals surface area contributed by atoms with Crippen LogP contribution in [0.15, 0.2) is 0 Å². The van der Waals surface area contributed by atoms with Crippen molar-refractivity contribution in [3.8, 4) is 0 Å². The highest BCUT2D eigenvalue weighted by Crippen LogP contribution is 2.11. The van der Waals surface area contributed by atoms with Gasteiger partial charge in [0.1, 0.15) is 0 Å². The highest BCUT2D eigenvalue weighted by Gasteiger charge is 2.25. The van der Waals surface area contributed by atoms with E-state index in [0.717, 1.165) is 18.2 Å². The summed E-state index contributed by atoms with van der Waals surface area (Å²) in [6, 6.07) is 0. The summed E-state index contributed by atoms with van der Waals surface area (Å²) in [4.78, 5) is 23.6. The SMILES string of the molecule is N=C(N)SCC(=O)N1CCCC1=O. The zero-order chi connectivity index (χ0) is 9.84. The number of thioether (sulfide) groups is 1. The summed E-state index contributed by atoms with van der Waals surface area (Å²) in [5.41, 5.74) is 5.06. The largest absolute Gasteiger partial charge is 0.379 e. The number of nitrogens with two attached hydrogens (primary N) is 1. The van der Waals surface area contributed by atoms with Crippen LogP contribution in [-0.4, -0.2) is 34.2 Å². The molecule has 2 amide bonds. The highest BCUT2D eigenvalue weighted by atomic mass is 32.2. The lowest BCUT2D eigenvalue weighted by Gasteiger charge is -2.12. The Morgan fingerprint density at radius 2 is 2.38 bits per heavy atom. The van der Waals surface area contributed by atoms with Crippen LogP contribution in [0.5, 0.6) is 0 Å². The van der Waals surface area contributed by atoms with E-state index in [9.17, 15) is 9.59 Å². The van der Waals surface area contributed by atoms with Crippen molar-refractivity contribution in [3.63, 3.8) is 0 Å². The number of nitrogens with zero attached hydrogens (tertiary/aromatic N) is 1. The number of carbonyl (C=O) groups excluding carboxylic acids is 2. The van der Waals surface area contributed by atoms with Crippen LogP contribution in [0.25, 0.3) is 0 Å². The third kappa shape index (κ3) is 2.73. The molecular formula is C7H11N3O2S. The number of nitrogens with one attached hydrogen (secondary N) is 1. The third-order valence-corrected chi connectivity index (χ3v) is 2.43. The minimum atomic E-state index is -0.247. The summed E-state index contributed by atoms with van der Waals surface area (Å²) < 4.78 is 0. The van der Waals surface area contributed by atoms with E-state index in [1.54, 1.807) is 0 Å². The van der Waals surface area contributed by atoms with Gasteiger partial charge in [-0.3, -0.25) is 19.9 Å². The van der Waals surface area contributed by atoms with Gasteiger partial charge in [-0.05, 0) is 6.42 Å². The molecule has 1 saturated heterocycles. The minimum Gasteiger partial charge on any atom is -0.379 e. The van der Waals surface area contributed by atoms with Gasteiger partial charge in [-0.1, -0.05) is 11.8 Å². The molecule has 0 aromatic heterocycles. The van der Waals surface area contributed by atoms with Gasteiger partial charge in [-0.2, -0.15) is 0 Å². The molecule has 3 N–H and O–H groups in total. The van der Waals surface area contributed by atoms with E-state index < -0.39 is 0 Å². The average molecular weight is 201 g/mol. The van der Waals surface area contributed by atoms with Crippen LogP contribution in [0.1, 0.15) is 12.8 Å². The Hall–Kier alpha value is -1.04. The van der Waals surface area contributed by atoms with Gasteiger partial charge in [0.25, 0.3) is 0 Å². The molecule has 1 heterocycles. The summed E-state index contributed by atoms with van der Waals surface area (Å²) in [5.74, 6) is -0.280. The first-order valence-corrected chi connectivity index (χ1v) is 4.90. The normalized spacial score (nSPS) is 16.3. The van der Waals surface area contributed by atoms with Crippen molar-refractivity contribution in [1.82, 2.24) is 4.90 Å². The van der Waals surface area contributed by atoms with E-state index in [2.05, 4.69) is 0 Å². The Morgan fingerprint density at radius 3 is 2.85 bits per heavy atom. The van der Waals surface area contributed by atoms with Crippen molar-refractivity contribution < 1.29 is 9.59 Å². The second-order valence-electron chi connectivity index (χ2n) is 2.70. The number of imide groups is 1. The summed E-state index contributed by atoms with van der Waals surface area (Å²) in [6.07, 6.45) is 1.20. The van der Waals surface area contributed by atoms with Gasteiger partial charge in [-0.15, -0.1) is 0 Å². The van der Waals surface area contributed by atoms with Crippen LogP contribution in [0.2, 0.25) is 0 Å². The molecule has 6 heteroatoms. The lowest BCUT2D eigenvalue weighted by atomic mass is 10.4. The zero-order valence-electron chi connectivity index (χ0n) is 7.08. The molecule has 0 aromatic rings.